The second kappa shape index (κ2) is 8.08. The number of quaternary nitrogens is 2. The predicted octanol–water partition coefficient (Wildman–Crippen LogP) is 0.332. The lowest BCUT2D eigenvalue weighted by atomic mass is 10.0. The summed E-state index contributed by atoms with van der Waals surface area (Å²) in [7, 11) is 0. The summed E-state index contributed by atoms with van der Waals surface area (Å²) in [6.45, 7) is 7.69. The highest BCUT2D eigenvalue weighted by molar-refractivity contribution is 5.63. The lowest BCUT2D eigenvalue weighted by Gasteiger charge is -2.22. The quantitative estimate of drug-likeness (QED) is 0.740. The van der Waals surface area contributed by atoms with Gasteiger partial charge in [-0.2, -0.15) is 0 Å². The predicted molar refractivity (Wildman–Crippen MR) is 88.8 cm³/mol. The molecule has 1 fully saturated rings. The van der Waals surface area contributed by atoms with Gasteiger partial charge in [0.25, 0.3) is 0 Å². The van der Waals surface area contributed by atoms with Gasteiger partial charge in [-0.25, -0.2) is 0 Å². The Kier molecular flexibility index (Phi) is 5.59. The number of benzene rings is 2. The van der Waals surface area contributed by atoms with Crippen molar-refractivity contribution < 1.29 is 15.0 Å². The molecule has 0 spiro atoms. The number of hydrogen-bond donors (Lipinski definition) is 2. The SMILES string of the molecule is c1ccc(-c2ccc(C[NH2+]CC[NH+]3CCOCC3)cc2)cc1. The van der Waals surface area contributed by atoms with E-state index in [4.69, 9.17) is 4.74 Å². The number of hydrogen-bond acceptors (Lipinski definition) is 1. The molecule has 3 nitrogen and oxygen atoms in total. The fraction of sp³-hybridized carbons (Fsp3) is 0.368. The number of ether oxygens (including phenoxy) is 1. The van der Waals surface area contributed by atoms with Crippen molar-refractivity contribution in [2.24, 2.45) is 0 Å². The summed E-state index contributed by atoms with van der Waals surface area (Å²) >= 11 is 0. The molecule has 0 bridgehead atoms. The number of rotatable bonds is 6. The minimum Gasteiger partial charge on any atom is -0.370 e. The maximum Gasteiger partial charge on any atom is 0.127 e. The van der Waals surface area contributed by atoms with E-state index in [1.807, 2.05) is 0 Å². The van der Waals surface area contributed by atoms with Gasteiger partial charge in [-0.1, -0.05) is 54.6 Å². The van der Waals surface area contributed by atoms with Crippen molar-refractivity contribution >= 4 is 0 Å². The second-order valence-corrected chi connectivity index (χ2v) is 5.96. The smallest absolute Gasteiger partial charge is 0.127 e. The van der Waals surface area contributed by atoms with Gasteiger partial charge in [-0.3, -0.25) is 0 Å². The van der Waals surface area contributed by atoms with Gasteiger partial charge in [0, 0.05) is 5.56 Å². The van der Waals surface area contributed by atoms with E-state index in [1.165, 1.54) is 42.9 Å². The van der Waals surface area contributed by atoms with E-state index in [-0.39, 0.29) is 0 Å². The van der Waals surface area contributed by atoms with Crippen molar-refractivity contribution in [2.45, 2.75) is 6.54 Å². The minimum atomic E-state index is 0.927. The van der Waals surface area contributed by atoms with Crippen LogP contribution >= 0.6 is 0 Å². The summed E-state index contributed by atoms with van der Waals surface area (Å²) < 4.78 is 5.39. The molecule has 3 heteroatoms. The van der Waals surface area contributed by atoms with Crippen LogP contribution in [0.3, 0.4) is 0 Å². The van der Waals surface area contributed by atoms with Gasteiger partial charge < -0.3 is 15.0 Å². The maximum absolute atomic E-state index is 5.39. The van der Waals surface area contributed by atoms with Crippen molar-refractivity contribution in [2.75, 3.05) is 39.4 Å². The molecule has 1 aliphatic heterocycles. The monoisotopic (exact) mass is 298 g/mol. The van der Waals surface area contributed by atoms with Crippen molar-refractivity contribution in [1.29, 1.82) is 0 Å². The zero-order valence-electron chi connectivity index (χ0n) is 13.1. The van der Waals surface area contributed by atoms with Crippen molar-refractivity contribution in [3.63, 3.8) is 0 Å². The molecule has 1 aliphatic rings. The van der Waals surface area contributed by atoms with Crippen LogP contribution in [0.1, 0.15) is 5.56 Å². The highest BCUT2D eigenvalue weighted by Gasteiger charge is 2.13. The van der Waals surface area contributed by atoms with E-state index in [2.05, 4.69) is 59.9 Å². The number of nitrogens with two attached hydrogens (primary N) is 1. The van der Waals surface area contributed by atoms with Crippen molar-refractivity contribution in [1.82, 2.24) is 0 Å². The Labute approximate surface area is 132 Å². The average molecular weight is 298 g/mol. The average Bonchev–Trinajstić information content (AvgIpc) is 2.61. The highest BCUT2D eigenvalue weighted by Crippen LogP contribution is 2.18. The first-order valence-corrected chi connectivity index (χ1v) is 8.29. The molecule has 0 aliphatic carbocycles. The fourth-order valence-corrected chi connectivity index (χ4v) is 2.95. The lowest BCUT2D eigenvalue weighted by Crippen LogP contribution is -3.16. The topological polar surface area (TPSA) is 30.3 Å². The van der Waals surface area contributed by atoms with Gasteiger partial charge >= 0.3 is 0 Å². The molecule has 3 N–H and O–H groups in total. The summed E-state index contributed by atoms with van der Waals surface area (Å²) in [6, 6.07) is 19.5. The molecule has 2 aromatic carbocycles. The molecule has 2 aromatic rings. The van der Waals surface area contributed by atoms with Crippen LogP contribution in [0.5, 0.6) is 0 Å². The molecule has 116 valence electrons. The molecule has 1 heterocycles. The number of morpholine rings is 1. The van der Waals surface area contributed by atoms with Gasteiger partial charge in [0.1, 0.15) is 32.7 Å². The Morgan fingerprint density at radius 2 is 1.55 bits per heavy atom. The van der Waals surface area contributed by atoms with E-state index in [0.717, 1.165) is 19.8 Å². The molecule has 3 rings (SSSR count). The Bertz CT molecular complexity index is 547. The normalized spacial score (nSPS) is 15.8. The molecule has 0 aromatic heterocycles. The first-order valence-electron chi connectivity index (χ1n) is 8.29. The van der Waals surface area contributed by atoms with Gasteiger partial charge in [-0.05, 0) is 11.1 Å². The van der Waals surface area contributed by atoms with Gasteiger partial charge in [0.05, 0.1) is 13.2 Å². The van der Waals surface area contributed by atoms with Gasteiger partial charge in [0.15, 0.2) is 0 Å². The molecule has 0 radical (unpaired) electrons. The molecule has 1 saturated heterocycles. The van der Waals surface area contributed by atoms with Crippen molar-refractivity contribution in [3.8, 4) is 11.1 Å². The Balaban J connectivity index is 1.43. The Hall–Kier alpha value is -1.68. The molecule has 0 amide bonds. The lowest BCUT2D eigenvalue weighted by molar-refractivity contribution is -0.920. The van der Waals surface area contributed by atoms with Crippen LogP contribution in [0.2, 0.25) is 0 Å². The van der Waals surface area contributed by atoms with E-state index < -0.39 is 0 Å². The Morgan fingerprint density at radius 1 is 0.864 bits per heavy atom. The molecule has 0 atom stereocenters. The zero-order valence-corrected chi connectivity index (χ0v) is 13.1. The molecule has 0 saturated carbocycles. The minimum absolute atomic E-state index is 0.927. The van der Waals surface area contributed by atoms with Crippen LogP contribution in [0, 0.1) is 0 Å². The number of nitrogens with one attached hydrogen (secondary N) is 1. The molecular formula is C19H26N2O+2. The third-order valence-corrected chi connectivity index (χ3v) is 4.34. The molecular weight excluding hydrogens is 272 g/mol. The summed E-state index contributed by atoms with van der Waals surface area (Å²) in [4.78, 5) is 1.68. The van der Waals surface area contributed by atoms with Gasteiger partial charge in [0.2, 0.25) is 0 Å². The van der Waals surface area contributed by atoms with Crippen LogP contribution in [0.15, 0.2) is 54.6 Å². The molecule has 0 unspecified atom stereocenters. The third-order valence-electron chi connectivity index (χ3n) is 4.34. The van der Waals surface area contributed by atoms with Gasteiger partial charge in [-0.15, -0.1) is 0 Å². The first kappa shape index (κ1) is 15.2. The fourth-order valence-electron chi connectivity index (χ4n) is 2.95. The van der Waals surface area contributed by atoms with Crippen LogP contribution in [0.25, 0.3) is 11.1 Å². The first-order chi connectivity index (χ1) is 10.9. The summed E-state index contributed by atoms with van der Waals surface area (Å²) in [6.07, 6.45) is 0. The summed E-state index contributed by atoms with van der Waals surface area (Å²) in [5.74, 6) is 0. The van der Waals surface area contributed by atoms with E-state index in [0.29, 0.717) is 0 Å². The van der Waals surface area contributed by atoms with E-state index in [1.54, 1.807) is 4.90 Å². The zero-order chi connectivity index (χ0) is 15.0. The van der Waals surface area contributed by atoms with E-state index in [9.17, 15) is 0 Å². The van der Waals surface area contributed by atoms with Crippen LogP contribution < -0.4 is 10.2 Å². The highest BCUT2D eigenvalue weighted by atomic mass is 16.5. The second-order valence-electron chi connectivity index (χ2n) is 5.96. The summed E-state index contributed by atoms with van der Waals surface area (Å²) in [5, 5.41) is 2.42. The molecule has 22 heavy (non-hydrogen) atoms. The van der Waals surface area contributed by atoms with Crippen LogP contribution in [0.4, 0.5) is 0 Å². The maximum atomic E-state index is 5.39. The van der Waals surface area contributed by atoms with E-state index >= 15 is 0 Å². The summed E-state index contributed by atoms with van der Waals surface area (Å²) in [5.41, 5.74) is 3.98. The largest absolute Gasteiger partial charge is 0.370 e. The third kappa shape index (κ3) is 4.41. The van der Waals surface area contributed by atoms with Crippen LogP contribution in [-0.4, -0.2) is 39.4 Å². The Morgan fingerprint density at radius 3 is 2.27 bits per heavy atom. The van der Waals surface area contributed by atoms with Crippen LogP contribution in [-0.2, 0) is 11.3 Å². The van der Waals surface area contributed by atoms with Crippen molar-refractivity contribution in [3.05, 3.63) is 60.2 Å². The standard InChI is InChI=1S/C19H24N2O/c1-2-4-18(5-3-1)19-8-6-17(7-9-19)16-20-10-11-21-12-14-22-15-13-21/h1-9,20H,10-16H2/p+2.